The summed E-state index contributed by atoms with van der Waals surface area (Å²) in [6.45, 7) is 2.32. The zero-order valence-corrected chi connectivity index (χ0v) is 18.6. The molecule has 0 N–H and O–H groups in total. The van der Waals surface area contributed by atoms with Crippen molar-refractivity contribution < 1.29 is 0 Å². The molecule has 1 aromatic rings. The third-order valence-corrected chi connectivity index (χ3v) is 8.94. The van der Waals surface area contributed by atoms with E-state index in [9.17, 15) is 0 Å². The molecule has 1 heteroatoms. The van der Waals surface area contributed by atoms with Crippen molar-refractivity contribution in [1.29, 1.82) is 5.26 Å². The topological polar surface area (TPSA) is 23.8 Å². The molecular formula is C28H41N. The van der Waals surface area contributed by atoms with Crippen LogP contribution >= 0.6 is 0 Å². The van der Waals surface area contributed by atoms with Crippen LogP contribution in [0, 0.1) is 40.9 Å². The lowest BCUT2D eigenvalue weighted by molar-refractivity contribution is 0.0710. The molecule has 0 amide bonds. The third kappa shape index (κ3) is 5.25. The van der Waals surface area contributed by atoms with Crippen molar-refractivity contribution in [2.45, 2.75) is 103 Å². The molecule has 0 bridgehead atoms. The number of rotatable bonds is 6. The summed E-state index contributed by atoms with van der Waals surface area (Å²) in [5.74, 6) is 5.85. The Balaban J connectivity index is 1.24. The number of unbranched alkanes of at least 4 members (excludes halogenated alkanes) is 2. The molecule has 0 radical (unpaired) electrons. The maximum atomic E-state index is 9.04. The molecule has 158 valence electrons. The molecule has 3 fully saturated rings. The Morgan fingerprint density at radius 2 is 1.38 bits per heavy atom. The van der Waals surface area contributed by atoms with Gasteiger partial charge in [0, 0.05) is 0 Å². The van der Waals surface area contributed by atoms with Gasteiger partial charge in [0.05, 0.1) is 11.6 Å². The summed E-state index contributed by atoms with van der Waals surface area (Å²) < 4.78 is 0. The van der Waals surface area contributed by atoms with E-state index in [1.807, 2.05) is 12.1 Å². The van der Waals surface area contributed by atoms with Crippen molar-refractivity contribution in [3.63, 3.8) is 0 Å². The van der Waals surface area contributed by atoms with E-state index in [2.05, 4.69) is 25.1 Å². The van der Waals surface area contributed by atoms with Gasteiger partial charge in [-0.05, 0) is 105 Å². The summed E-state index contributed by atoms with van der Waals surface area (Å²) in [5, 5.41) is 9.04. The lowest BCUT2D eigenvalue weighted by atomic mass is 9.60. The van der Waals surface area contributed by atoms with Gasteiger partial charge in [-0.2, -0.15) is 5.26 Å². The highest BCUT2D eigenvalue weighted by Crippen LogP contribution is 2.51. The summed E-state index contributed by atoms with van der Waals surface area (Å²) >= 11 is 0. The van der Waals surface area contributed by atoms with Crippen LogP contribution < -0.4 is 0 Å². The standard InChI is InChI=1S/C28H41N/c1-2-3-4-5-21-6-10-23(11-7-21)25-14-16-28-19-26(15-17-27(28)18-25)24-12-8-22(20-29)9-13-24/h8-9,12-13,21,23,25-28H,2-7,10-11,14-19H2,1H3. The van der Waals surface area contributed by atoms with E-state index in [0.29, 0.717) is 0 Å². The van der Waals surface area contributed by atoms with E-state index in [1.165, 1.54) is 95.5 Å². The predicted molar refractivity (Wildman–Crippen MR) is 122 cm³/mol. The highest BCUT2D eigenvalue weighted by Gasteiger charge is 2.38. The first-order chi connectivity index (χ1) is 14.3. The Hall–Kier alpha value is -1.29. The molecule has 4 rings (SSSR count). The van der Waals surface area contributed by atoms with Crippen molar-refractivity contribution >= 4 is 0 Å². The minimum absolute atomic E-state index is 0.735. The molecule has 1 nitrogen and oxygen atoms in total. The Morgan fingerprint density at radius 3 is 2.07 bits per heavy atom. The van der Waals surface area contributed by atoms with Crippen LogP contribution in [-0.4, -0.2) is 0 Å². The normalized spacial score (nSPS) is 34.9. The summed E-state index contributed by atoms with van der Waals surface area (Å²) in [6.07, 6.45) is 20.6. The molecule has 4 unspecified atom stereocenters. The second-order valence-corrected chi connectivity index (χ2v) is 10.6. The lowest BCUT2D eigenvalue weighted by Gasteiger charge is -2.45. The monoisotopic (exact) mass is 391 g/mol. The molecule has 1 aromatic carbocycles. The van der Waals surface area contributed by atoms with Gasteiger partial charge in [0.25, 0.3) is 0 Å². The van der Waals surface area contributed by atoms with E-state index in [4.69, 9.17) is 5.26 Å². The van der Waals surface area contributed by atoms with Crippen LogP contribution in [-0.2, 0) is 0 Å². The Bertz CT molecular complexity index is 661. The van der Waals surface area contributed by atoms with Crippen molar-refractivity contribution in [3.05, 3.63) is 35.4 Å². The van der Waals surface area contributed by atoms with Gasteiger partial charge in [0.2, 0.25) is 0 Å². The van der Waals surface area contributed by atoms with Gasteiger partial charge in [-0.1, -0.05) is 57.6 Å². The quantitative estimate of drug-likeness (QED) is 0.448. The zero-order valence-electron chi connectivity index (χ0n) is 18.6. The molecule has 29 heavy (non-hydrogen) atoms. The Morgan fingerprint density at radius 1 is 0.759 bits per heavy atom. The summed E-state index contributed by atoms with van der Waals surface area (Å²) in [5.41, 5.74) is 2.27. The average molecular weight is 392 g/mol. The highest BCUT2D eigenvalue weighted by molar-refractivity contribution is 5.33. The molecule has 4 atom stereocenters. The predicted octanol–water partition coefficient (Wildman–Crippen LogP) is 8.24. The van der Waals surface area contributed by atoms with Gasteiger partial charge in [-0.25, -0.2) is 0 Å². The fourth-order valence-corrected chi connectivity index (χ4v) is 7.12. The van der Waals surface area contributed by atoms with E-state index in [-0.39, 0.29) is 0 Å². The minimum atomic E-state index is 0.735. The number of fused-ring (bicyclic) bond motifs is 1. The van der Waals surface area contributed by atoms with Gasteiger partial charge in [-0.15, -0.1) is 0 Å². The molecule has 0 aromatic heterocycles. The average Bonchev–Trinajstić information content (AvgIpc) is 2.79. The zero-order chi connectivity index (χ0) is 20.1. The first kappa shape index (κ1) is 21.0. The van der Waals surface area contributed by atoms with E-state index < -0.39 is 0 Å². The van der Waals surface area contributed by atoms with Crippen molar-refractivity contribution in [2.75, 3.05) is 0 Å². The Labute approximate surface area is 179 Å². The largest absolute Gasteiger partial charge is 0.192 e. The SMILES string of the molecule is CCCCCC1CCC(C2CCC3CC(c4ccc(C#N)cc4)CCC3C2)CC1. The number of hydrogen-bond donors (Lipinski definition) is 0. The van der Waals surface area contributed by atoms with Gasteiger partial charge >= 0.3 is 0 Å². The van der Waals surface area contributed by atoms with Crippen molar-refractivity contribution in [2.24, 2.45) is 29.6 Å². The number of nitrogens with zero attached hydrogens (tertiary/aromatic N) is 1. The third-order valence-electron chi connectivity index (χ3n) is 8.94. The fraction of sp³-hybridized carbons (Fsp3) is 0.750. The van der Waals surface area contributed by atoms with Gasteiger partial charge < -0.3 is 0 Å². The van der Waals surface area contributed by atoms with Crippen LogP contribution in [0.4, 0.5) is 0 Å². The van der Waals surface area contributed by atoms with Crippen LogP contribution in [0.25, 0.3) is 0 Å². The summed E-state index contributed by atoms with van der Waals surface area (Å²) in [7, 11) is 0. The molecule has 0 spiro atoms. The fourth-order valence-electron chi connectivity index (χ4n) is 7.12. The van der Waals surface area contributed by atoms with Crippen molar-refractivity contribution in [1.82, 2.24) is 0 Å². The second kappa shape index (κ2) is 10.1. The number of nitriles is 1. The lowest BCUT2D eigenvalue weighted by Crippen LogP contribution is -2.34. The molecule has 3 aliphatic rings. The van der Waals surface area contributed by atoms with Crippen LogP contribution in [0.3, 0.4) is 0 Å². The second-order valence-electron chi connectivity index (χ2n) is 10.6. The summed E-state index contributed by atoms with van der Waals surface area (Å²) in [4.78, 5) is 0. The van der Waals surface area contributed by atoms with Crippen LogP contribution in [0.15, 0.2) is 24.3 Å². The molecule has 0 saturated heterocycles. The first-order valence-corrected chi connectivity index (χ1v) is 12.8. The summed E-state index contributed by atoms with van der Waals surface area (Å²) in [6, 6.07) is 10.7. The molecule has 3 aliphatic carbocycles. The van der Waals surface area contributed by atoms with E-state index in [0.717, 1.165) is 41.1 Å². The molecule has 0 aliphatic heterocycles. The first-order valence-electron chi connectivity index (χ1n) is 12.8. The molecule has 3 saturated carbocycles. The van der Waals surface area contributed by atoms with E-state index in [1.54, 1.807) is 0 Å². The van der Waals surface area contributed by atoms with Crippen LogP contribution in [0.2, 0.25) is 0 Å². The number of benzene rings is 1. The van der Waals surface area contributed by atoms with Gasteiger partial charge in [0.1, 0.15) is 0 Å². The Kier molecular flexibility index (Phi) is 7.34. The van der Waals surface area contributed by atoms with Gasteiger partial charge in [0.15, 0.2) is 0 Å². The van der Waals surface area contributed by atoms with Crippen LogP contribution in [0.5, 0.6) is 0 Å². The maximum Gasteiger partial charge on any atom is 0.0991 e. The minimum Gasteiger partial charge on any atom is -0.192 e. The van der Waals surface area contributed by atoms with Crippen molar-refractivity contribution in [3.8, 4) is 6.07 Å². The van der Waals surface area contributed by atoms with E-state index >= 15 is 0 Å². The number of hydrogen-bond acceptors (Lipinski definition) is 1. The van der Waals surface area contributed by atoms with Crippen LogP contribution in [0.1, 0.15) is 114 Å². The maximum absolute atomic E-state index is 9.04. The molecule has 0 heterocycles. The smallest absolute Gasteiger partial charge is 0.0991 e. The molecular weight excluding hydrogens is 350 g/mol. The highest BCUT2D eigenvalue weighted by atomic mass is 14.4. The van der Waals surface area contributed by atoms with Gasteiger partial charge in [-0.3, -0.25) is 0 Å².